The first-order chi connectivity index (χ1) is 18.1. The Morgan fingerprint density at radius 1 is 1.13 bits per heavy atom. The first kappa shape index (κ1) is 28.0. The van der Waals surface area contributed by atoms with Crippen LogP contribution in [-0.4, -0.2) is 83.9 Å². The molecule has 0 spiro atoms. The number of urea groups is 1. The van der Waals surface area contributed by atoms with E-state index >= 15 is 0 Å². The fourth-order valence-electron chi connectivity index (χ4n) is 4.56. The molecule has 0 radical (unpaired) electrons. The van der Waals surface area contributed by atoms with Crippen LogP contribution in [0.25, 0.3) is 0 Å². The molecule has 38 heavy (non-hydrogen) atoms. The number of hydrogen-bond donors (Lipinski definition) is 1. The molecule has 10 heteroatoms. The highest BCUT2D eigenvalue weighted by molar-refractivity contribution is 6.34. The standard InChI is InChI=1S/C28H35ClFN5O3/c1-28(2,3)31-27(37)34(13-12-33-14-16-38-17-15-33)19-26(36)35-25(21-9-5-7-11-23(21)30)18-24(32-35)20-8-4-6-10-22(20)29/h4-11,25H,12-19H2,1-3H3,(H,31,37). The van der Waals surface area contributed by atoms with Crippen molar-refractivity contribution in [3.05, 3.63) is 70.5 Å². The van der Waals surface area contributed by atoms with E-state index in [4.69, 9.17) is 16.3 Å². The van der Waals surface area contributed by atoms with Gasteiger partial charge in [-0.2, -0.15) is 5.10 Å². The molecule has 2 aliphatic rings. The summed E-state index contributed by atoms with van der Waals surface area (Å²) in [7, 11) is 0. The van der Waals surface area contributed by atoms with Crippen LogP contribution in [0.4, 0.5) is 9.18 Å². The van der Waals surface area contributed by atoms with Crippen molar-refractivity contribution in [3.63, 3.8) is 0 Å². The molecule has 0 aromatic heterocycles. The van der Waals surface area contributed by atoms with Gasteiger partial charge in [0.2, 0.25) is 0 Å². The minimum absolute atomic E-state index is 0.198. The van der Waals surface area contributed by atoms with Gasteiger partial charge in [0.25, 0.3) is 5.91 Å². The van der Waals surface area contributed by atoms with Gasteiger partial charge >= 0.3 is 6.03 Å². The Labute approximate surface area is 228 Å². The first-order valence-corrected chi connectivity index (χ1v) is 13.3. The molecule has 0 saturated carbocycles. The zero-order chi connectivity index (χ0) is 27.3. The predicted molar refractivity (Wildman–Crippen MR) is 146 cm³/mol. The molecule has 0 bridgehead atoms. The number of nitrogens with one attached hydrogen (secondary N) is 1. The molecule has 2 aliphatic heterocycles. The van der Waals surface area contributed by atoms with Gasteiger partial charge in [0, 0.05) is 54.3 Å². The van der Waals surface area contributed by atoms with E-state index in [2.05, 4.69) is 15.3 Å². The second kappa shape index (κ2) is 12.2. The van der Waals surface area contributed by atoms with Crippen molar-refractivity contribution >= 4 is 29.3 Å². The first-order valence-electron chi connectivity index (χ1n) is 12.9. The van der Waals surface area contributed by atoms with E-state index in [1.807, 2.05) is 39.0 Å². The summed E-state index contributed by atoms with van der Waals surface area (Å²) in [5.74, 6) is -0.813. The molecular formula is C28H35ClFN5O3. The van der Waals surface area contributed by atoms with E-state index in [9.17, 15) is 14.0 Å². The molecule has 4 rings (SSSR count). The second-order valence-corrected chi connectivity index (χ2v) is 11.0. The summed E-state index contributed by atoms with van der Waals surface area (Å²) in [5, 5.41) is 9.39. The van der Waals surface area contributed by atoms with E-state index in [1.165, 1.54) is 16.0 Å². The van der Waals surface area contributed by atoms with Gasteiger partial charge in [-0.15, -0.1) is 0 Å². The number of hydrogen-bond acceptors (Lipinski definition) is 5. The fraction of sp³-hybridized carbons (Fsp3) is 0.464. The van der Waals surface area contributed by atoms with E-state index in [0.717, 1.165) is 13.1 Å². The van der Waals surface area contributed by atoms with Gasteiger partial charge in [-0.1, -0.05) is 48.0 Å². The van der Waals surface area contributed by atoms with Crippen LogP contribution in [0, 0.1) is 5.82 Å². The van der Waals surface area contributed by atoms with Crippen LogP contribution >= 0.6 is 11.6 Å². The number of carbonyl (C=O) groups excluding carboxylic acids is 2. The van der Waals surface area contributed by atoms with E-state index in [1.54, 1.807) is 24.3 Å². The lowest BCUT2D eigenvalue weighted by atomic mass is 9.98. The third kappa shape index (κ3) is 7.09. The summed E-state index contributed by atoms with van der Waals surface area (Å²) < 4.78 is 20.3. The molecule has 8 nitrogen and oxygen atoms in total. The van der Waals surface area contributed by atoms with Crippen molar-refractivity contribution in [2.45, 2.75) is 38.8 Å². The van der Waals surface area contributed by atoms with E-state index in [-0.39, 0.29) is 12.6 Å². The van der Waals surface area contributed by atoms with Crippen molar-refractivity contribution < 1.29 is 18.7 Å². The molecule has 2 aromatic carbocycles. The highest BCUT2D eigenvalue weighted by Crippen LogP contribution is 2.35. The number of amides is 3. The van der Waals surface area contributed by atoms with Gasteiger partial charge in [0.05, 0.1) is 25.0 Å². The van der Waals surface area contributed by atoms with Gasteiger partial charge in [0.15, 0.2) is 0 Å². The van der Waals surface area contributed by atoms with Crippen LogP contribution < -0.4 is 5.32 Å². The monoisotopic (exact) mass is 543 g/mol. The molecule has 1 N–H and O–H groups in total. The SMILES string of the molecule is CC(C)(C)NC(=O)N(CCN1CCOCC1)CC(=O)N1N=C(c2ccccc2Cl)CC1c1ccccc1F. The van der Waals surface area contributed by atoms with Gasteiger partial charge in [-0.25, -0.2) is 14.2 Å². The van der Waals surface area contributed by atoms with Gasteiger partial charge in [-0.3, -0.25) is 9.69 Å². The second-order valence-electron chi connectivity index (χ2n) is 10.6. The minimum atomic E-state index is -0.651. The maximum atomic E-state index is 14.9. The summed E-state index contributed by atoms with van der Waals surface area (Å²) in [6.07, 6.45) is 0.304. The van der Waals surface area contributed by atoms with Crippen molar-refractivity contribution in [3.8, 4) is 0 Å². The Bertz CT molecular complexity index is 1180. The summed E-state index contributed by atoms with van der Waals surface area (Å²) in [6.45, 7) is 9.27. The lowest BCUT2D eigenvalue weighted by Gasteiger charge is -2.32. The number of ether oxygens (including phenoxy) is 1. The van der Waals surface area contributed by atoms with Crippen molar-refractivity contribution in [1.29, 1.82) is 0 Å². The van der Waals surface area contributed by atoms with Crippen molar-refractivity contribution in [2.24, 2.45) is 5.10 Å². The summed E-state index contributed by atoms with van der Waals surface area (Å²) in [6, 6.07) is 12.6. The Balaban J connectivity index is 1.59. The fourth-order valence-corrected chi connectivity index (χ4v) is 4.81. The zero-order valence-corrected chi connectivity index (χ0v) is 22.9. The van der Waals surface area contributed by atoms with Gasteiger partial charge < -0.3 is 15.0 Å². The smallest absolute Gasteiger partial charge is 0.318 e. The normalized spacial score (nSPS) is 18.3. The van der Waals surface area contributed by atoms with Crippen molar-refractivity contribution in [2.75, 3.05) is 45.9 Å². The van der Waals surface area contributed by atoms with Crippen LogP contribution in [0.2, 0.25) is 5.02 Å². The lowest BCUT2D eigenvalue weighted by molar-refractivity contribution is -0.133. The molecule has 3 amide bonds. The van der Waals surface area contributed by atoms with Crippen LogP contribution in [0.15, 0.2) is 53.6 Å². The topological polar surface area (TPSA) is 77.5 Å². The molecule has 1 unspecified atom stereocenters. The largest absolute Gasteiger partial charge is 0.379 e. The summed E-state index contributed by atoms with van der Waals surface area (Å²) in [4.78, 5) is 30.7. The van der Waals surface area contributed by atoms with Crippen LogP contribution in [0.3, 0.4) is 0 Å². The van der Waals surface area contributed by atoms with Crippen LogP contribution in [-0.2, 0) is 9.53 Å². The third-order valence-corrected chi connectivity index (χ3v) is 6.83. The molecule has 0 aliphatic carbocycles. The number of benzene rings is 2. The molecule has 2 aromatic rings. The number of halogens is 2. The van der Waals surface area contributed by atoms with Crippen molar-refractivity contribution in [1.82, 2.24) is 20.1 Å². The van der Waals surface area contributed by atoms with Gasteiger partial charge in [-0.05, 0) is 32.9 Å². The zero-order valence-electron chi connectivity index (χ0n) is 22.1. The highest BCUT2D eigenvalue weighted by atomic mass is 35.5. The number of nitrogens with zero attached hydrogens (tertiary/aromatic N) is 4. The Morgan fingerprint density at radius 3 is 2.50 bits per heavy atom. The Hall–Kier alpha value is -3.01. The quantitative estimate of drug-likeness (QED) is 0.565. The van der Waals surface area contributed by atoms with Crippen LogP contribution in [0.1, 0.15) is 44.4 Å². The minimum Gasteiger partial charge on any atom is -0.379 e. The molecule has 1 saturated heterocycles. The Kier molecular flexibility index (Phi) is 9.02. The molecular weight excluding hydrogens is 509 g/mol. The lowest BCUT2D eigenvalue weighted by Crippen LogP contribution is -2.53. The third-order valence-electron chi connectivity index (χ3n) is 6.50. The number of carbonyl (C=O) groups is 2. The average molecular weight is 544 g/mol. The molecule has 204 valence electrons. The van der Waals surface area contributed by atoms with Crippen LogP contribution in [0.5, 0.6) is 0 Å². The summed E-state index contributed by atoms with van der Waals surface area (Å²) in [5.41, 5.74) is 1.18. The molecule has 1 fully saturated rings. The average Bonchev–Trinajstić information content (AvgIpc) is 3.31. The molecule has 2 heterocycles. The van der Waals surface area contributed by atoms with E-state index in [0.29, 0.717) is 54.6 Å². The van der Waals surface area contributed by atoms with Gasteiger partial charge in [0.1, 0.15) is 12.4 Å². The highest BCUT2D eigenvalue weighted by Gasteiger charge is 2.36. The van der Waals surface area contributed by atoms with E-state index < -0.39 is 23.3 Å². The number of hydrazone groups is 1. The summed E-state index contributed by atoms with van der Waals surface area (Å²) >= 11 is 6.43. The number of morpholine rings is 1. The predicted octanol–water partition coefficient (Wildman–Crippen LogP) is 4.30. The maximum Gasteiger partial charge on any atom is 0.318 e. The number of rotatable bonds is 7. The Morgan fingerprint density at radius 2 is 1.82 bits per heavy atom. The molecule has 1 atom stereocenters. The maximum absolute atomic E-state index is 14.9.